The van der Waals surface area contributed by atoms with Gasteiger partial charge < -0.3 is 10.2 Å². The van der Waals surface area contributed by atoms with E-state index in [1.165, 1.54) is 11.3 Å². The number of amides is 1. The summed E-state index contributed by atoms with van der Waals surface area (Å²) >= 11 is 6.00. The van der Waals surface area contributed by atoms with Crippen LogP contribution in [0.5, 0.6) is 0 Å². The number of para-hydroxylation sites is 1. The van der Waals surface area contributed by atoms with Crippen LogP contribution < -0.4 is 10.2 Å². The maximum Gasteiger partial charge on any atom is 0.239 e. The van der Waals surface area contributed by atoms with Crippen LogP contribution in [0.1, 0.15) is 24.1 Å². The van der Waals surface area contributed by atoms with Crippen molar-refractivity contribution in [1.82, 2.24) is 5.32 Å². The maximum absolute atomic E-state index is 12.3. The van der Waals surface area contributed by atoms with Crippen LogP contribution in [0, 0.1) is 0 Å². The minimum atomic E-state index is -0.0518. The topological polar surface area (TPSA) is 32.3 Å². The lowest BCUT2D eigenvalue weighted by Gasteiger charge is -2.21. The predicted molar refractivity (Wildman–Crippen MR) is 90.4 cm³/mol. The molecule has 0 aliphatic carbocycles. The highest BCUT2D eigenvalue weighted by Gasteiger charge is 2.21. The first-order valence-electron chi connectivity index (χ1n) is 7.51. The molecule has 4 heteroatoms. The van der Waals surface area contributed by atoms with Gasteiger partial charge in [0.2, 0.25) is 5.91 Å². The number of nitrogens with zero attached hydrogens (tertiary/aromatic N) is 1. The lowest BCUT2D eigenvalue weighted by molar-refractivity contribution is -0.120. The predicted octanol–water partition coefficient (Wildman–Crippen LogP) is 3.58. The molecule has 3 nitrogen and oxygen atoms in total. The number of benzene rings is 2. The van der Waals surface area contributed by atoms with Crippen molar-refractivity contribution in [2.45, 2.75) is 19.4 Å². The number of anilines is 1. The molecule has 114 valence electrons. The van der Waals surface area contributed by atoms with Crippen LogP contribution in [0.15, 0.2) is 48.5 Å². The zero-order valence-corrected chi connectivity index (χ0v) is 13.3. The van der Waals surface area contributed by atoms with Crippen LogP contribution >= 0.6 is 11.6 Å². The molecule has 2 aromatic carbocycles. The third-order valence-corrected chi connectivity index (χ3v) is 4.28. The molecule has 1 heterocycles. The average molecular weight is 315 g/mol. The molecule has 1 atom stereocenters. The number of halogens is 1. The summed E-state index contributed by atoms with van der Waals surface area (Å²) in [6.45, 7) is 3.27. The van der Waals surface area contributed by atoms with Crippen LogP contribution in [-0.4, -0.2) is 19.0 Å². The Hall–Kier alpha value is -2.00. The second-order valence-electron chi connectivity index (χ2n) is 5.64. The van der Waals surface area contributed by atoms with E-state index in [9.17, 15) is 4.79 Å². The summed E-state index contributed by atoms with van der Waals surface area (Å²) in [4.78, 5) is 14.4. The standard InChI is InChI=1S/C18H19ClN2O/c1-13(15-6-4-7-16(19)11-15)20-18(22)12-21-10-9-14-5-2-3-8-17(14)21/h2-8,11,13H,9-10,12H2,1H3,(H,20,22)/t13-/m1/s1. The van der Waals surface area contributed by atoms with Crippen molar-refractivity contribution >= 4 is 23.2 Å². The highest BCUT2D eigenvalue weighted by molar-refractivity contribution is 6.30. The fraction of sp³-hybridized carbons (Fsp3) is 0.278. The molecule has 1 N–H and O–H groups in total. The smallest absolute Gasteiger partial charge is 0.239 e. The normalized spacial score (nSPS) is 14.5. The molecule has 22 heavy (non-hydrogen) atoms. The Bertz CT molecular complexity index is 686. The number of hydrogen-bond acceptors (Lipinski definition) is 2. The van der Waals surface area contributed by atoms with Crippen molar-refractivity contribution in [3.05, 3.63) is 64.7 Å². The quantitative estimate of drug-likeness (QED) is 0.935. The van der Waals surface area contributed by atoms with Crippen LogP contribution in [0.4, 0.5) is 5.69 Å². The highest BCUT2D eigenvalue weighted by Crippen LogP contribution is 2.27. The molecule has 0 spiro atoms. The van der Waals surface area contributed by atoms with E-state index in [0.717, 1.165) is 18.5 Å². The second-order valence-corrected chi connectivity index (χ2v) is 6.08. The summed E-state index contributed by atoms with van der Waals surface area (Å²) < 4.78 is 0. The third kappa shape index (κ3) is 3.25. The van der Waals surface area contributed by atoms with E-state index in [0.29, 0.717) is 11.6 Å². The van der Waals surface area contributed by atoms with Gasteiger partial charge in [-0.15, -0.1) is 0 Å². The average Bonchev–Trinajstić information content (AvgIpc) is 2.90. The van der Waals surface area contributed by atoms with Gasteiger partial charge in [0.25, 0.3) is 0 Å². The molecule has 1 aliphatic heterocycles. The molecule has 2 aromatic rings. The SMILES string of the molecule is C[C@@H](NC(=O)CN1CCc2ccccc21)c1cccc(Cl)c1. The lowest BCUT2D eigenvalue weighted by Crippen LogP contribution is -2.37. The molecule has 1 aliphatic rings. The monoisotopic (exact) mass is 314 g/mol. The van der Waals surface area contributed by atoms with Crippen molar-refractivity contribution in [1.29, 1.82) is 0 Å². The molecular weight excluding hydrogens is 296 g/mol. The molecule has 0 aromatic heterocycles. The zero-order chi connectivity index (χ0) is 15.5. The van der Waals surface area contributed by atoms with Crippen LogP contribution in [0.3, 0.4) is 0 Å². The van der Waals surface area contributed by atoms with Gasteiger partial charge in [-0.2, -0.15) is 0 Å². The first-order chi connectivity index (χ1) is 10.6. The minimum absolute atomic E-state index is 0.0316. The summed E-state index contributed by atoms with van der Waals surface area (Å²) in [5, 5.41) is 3.73. The Morgan fingerprint density at radius 3 is 2.91 bits per heavy atom. The van der Waals surface area contributed by atoms with Gasteiger partial charge in [-0.3, -0.25) is 4.79 Å². The second kappa shape index (κ2) is 6.41. The summed E-state index contributed by atoms with van der Waals surface area (Å²) in [5.41, 5.74) is 3.51. The number of hydrogen-bond donors (Lipinski definition) is 1. The van der Waals surface area contributed by atoms with E-state index in [-0.39, 0.29) is 11.9 Å². The molecule has 0 fully saturated rings. The van der Waals surface area contributed by atoms with E-state index in [2.05, 4.69) is 22.3 Å². The van der Waals surface area contributed by atoms with E-state index in [1.54, 1.807) is 0 Å². The Labute approximate surface area is 135 Å². The Morgan fingerprint density at radius 1 is 1.27 bits per heavy atom. The van der Waals surface area contributed by atoms with E-state index in [4.69, 9.17) is 11.6 Å². The third-order valence-electron chi connectivity index (χ3n) is 4.04. The van der Waals surface area contributed by atoms with Crippen molar-refractivity contribution in [3.63, 3.8) is 0 Å². The van der Waals surface area contributed by atoms with E-state index < -0.39 is 0 Å². The molecule has 1 amide bonds. The zero-order valence-electron chi connectivity index (χ0n) is 12.6. The van der Waals surface area contributed by atoms with Gasteiger partial charge in [-0.05, 0) is 42.7 Å². The lowest BCUT2D eigenvalue weighted by atomic mass is 10.1. The van der Waals surface area contributed by atoms with Crippen LogP contribution in [-0.2, 0) is 11.2 Å². The molecule has 0 radical (unpaired) electrons. The van der Waals surface area contributed by atoms with E-state index in [1.807, 2.05) is 43.3 Å². The first-order valence-corrected chi connectivity index (χ1v) is 7.89. The van der Waals surface area contributed by atoms with E-state index >= 15 is 0 Å². The van der Waals surface area contributed by atoms with Crippen molar-refractivity contribution in [3.8, 4) is 0 Å². The van der Waals surface area contributed by atoms with Gasteiger partial charge in [0.15, 0.2) is 0 Å². The molecule has 0 unspecified atom stereocenters. The van der Waals surface area contributed by atoms with Gasteiger partial charge >= 0.3 is 0 Å². The first kappa shape index (κ1) is 14.9. The van der Waals surface area contributed by atoms with Gasteiger partial charge in [0.05, 0.1) is 12.6 Å². The maximum atomic E-state index is 12.3. The molecular formula is C18H19ClN2O. The Balaban J connectivity index is 1.62. The Kier molecular flexibility index (Phi) is 4.34. The fourth-order valence-electron chi connectivity index (χ4n) is 2.89. The van der Waals surface area contributed by atoms with Gasteiger partial charge in [-0.1, -0.05) is 41.9 Å². The Morgan fingerprint density at radius 2 is 2.09 bits per heavy atom. The molecule has 0 saturated carbocycles. The molecule has 0 saturated heterocycles. The van der Waals surface area contributed by atoms with Crippen molar-refractivity contribution in [2.24, 2.45) is 0 Å². The summed E-state index contributed by atoms with van der Waals surface area (Å²) in [5.74, 6) is 0.0316. The van der Waals surface area contributed by atoms with Crippen molar-refractivity contribution < 1.29 is 4.79 Å². The number of nitrogens with one attached hydrogen (secondary N) is 1. The largest absolute Gasteiger partial charge is 0.362 e. The number of carbonyl (C=O) groups excluding carboxylic acids is 1. The number of rotatable bonds is 4. The fourth-order valence-corrected chi connectivity index (χ4v) is 3.09. The highest BCUT2D eigenvalue weighted by atomic mass is 35.5. The molecule has 0 bridgehead atoms. The van der Waals surface area contributed by atoms with Gasteiger partial charge in [-0.25, -0.2) is 0 Å². The minimum Gasteiger partial charge on any atom is -0.362 e. The summed E-state index contributed by atoms with van der Waals surface area (Å²) in [6, 6.07) is 15.8. The van der Waals surface area contributed by atoms with Crippen molar-refractivity contribution in [2.75, 3.05) is 18.0 Å². The summed E-state index contributed by atoms with van der Waals surface area (Å²) in [7, 11) is 0. The van der Waals surface area contributed by atoms with Crippen LogP contribution in [0.2, 0.25) is 5.02 Å². The summed E-state index contributed by atoms with van der Waals surface area (Å²) in [6.07, 6.45) is 1.01. The van der Waals surface area contributed by atoms with Gasteiger partial charge in [0, 0.05) is 17.3 Å². The molecule has 3 rings (SSSR count). The number of carbonyl (C=O) groups is 1. The van der Waals surface area contributed by atoms with Gasteiger partial charge in [0.1, 0.15) is 0 Å². The number of fused-ring (bicyclic) bond motifs is 1. The van der Waals surface area contributed by atoms with Crippen LogP contribution in [0.25, 0.3) is 0 Å².